The number of nitrogens with zero attached hydrogens (tertiary/aromatic N) is 1. The number of aromatic nitrogens is 1. The van der Waals surface area contributed by atoms with E-state index in [9.17, 15) is 14.4 Å². The molecular weight excluding hydrogens is 438 g/mol. The van der Waals surface area contributed by atoms with Crippen LogP contribution in [0, 0.1) is 0 Å². The number of hydrogen-bond acceptors (Lipinski definition) is 6. The summed E-state index contributed by atoms with van der Waals surface area (Å²) in [6.45, 7) is 3.57. The largest absolute Gasteiger partial charge is 0.449 e. The van der Waals surface area contributed by atoms with Gasteiger partial charge in [-0.25, -0.2) is 14.6 Å². The highest BCUT2D eigenvalue weighted by Gasteiger charge is 2.28. The van der Waals surface area contributed by atoms with Gasteiger partial charge in [-0.15, -0.1) is 11.3 Å². The molecule has 1 atom stereocenters. The number of nitrogens with one attached hydrogen (secondary N) is 2. The molecule has 3 aromatic rings. The predicted octanol–water partition coefficient (Wildman–Crippen LogP) is 4.56. The van der Waals surface area contributed by atoms with Crippen molar-refractivity contribution in [3.63, 3.8) is 0 Å². The van der Waals surface area contributed by atoms with Crippen LogP contribution in [0.3, 0.4) is 0 Å². The number of carbonyl (C=O) groups excluding carboxylic acids is 3. The maximum atomic E-state index is 13.3. The molecule has 0 bridgehead atoms. The first kappa shape index (κ1) is 22.7. The average molecular weight is 464 g/mol. The van der Waals surface area contributed by atoms with E-state index in [1.54, 1.807) is 18.3 Å². The molecule has 1 aliphatic rings. The zero-order valence-corrected chi connectivity index (χ0v) is 19.3. The normalized spacial score (nSPS) is 15.0. The highest BCUT2D eigenvalue weighted by Crippen LogP contribution is 2.37. The van der Waals surface area contributed by atoms with Gasteiger partial charge in [-0.3, -0.25) is 10.1 Å². The molecule has 1 unspecified atom stereocenters. The van der Waals surface area contributed by atoms with Gasteiger partial charge < -0.3 is 10.1 Å². The molecule has 2 heterocycles. The molecule has 0 saturated carbocycles. The summed E-state index contributed by atoms with van der Waals surface area (Å²) >= 11 is 1.65. The van der Waals surface area contributed by atoms with E-state index in [2.05, 4.69) is 22.8 Å². The van der Waals surface area contributed by atoms with E-state index in [1.807, 2.05) is 35.7 Å². The third kappa shape index (κ3) is 4.96. The molecule has 2 aromatic heterocycles. The summed E-state index contributed by atoms with van der Waals surface area (Å²) in [5.74, 6) is -1.28. The Balaban J connectivity index is 1.71. The van der Waals surface area contributed by atoms with Crippen LogP contribution in [0.15, 0.2) is 41.8 Å². The van der Waals surface area contributed by atoms with Crippen LogP contribution in [-0.4, -0.2) is 35.5 Å². The van der Waals surface area contributed by atoms with Gasteiger partial charge in [0.2, 0.25) is 0 Å². The second kappa shape index (κ2) is 9.95. The molecule has 0 aliphatic heterocycles. The van der Waals surface area contributed by atoms with Gasteiger partial charge in [-0.1, -0.05) is 24.3 Å². The van der Waals surface area contributed by atoms with Crippen LogP contribution in [0.2, 0.25) is 0 Å². The lowest BCUT2D eigenvalue weighted by Gasteiger charge is -2.23. The van der Waals surface area contributed by atoms with Gasteiger partial charge >= 0.3 is 12.0 Å². The Bertz CT molecular complexity index is 1230. The molecule has 170 valence electrons. The van der Waals surface area contributed by atoms with Gasteiger partial charge in [0.1, 0.15) is 0 Å². The number of hydrogen-bond donors (Lipinski definition) is 2. The van der Waals surface area contributed by atoms with Crippen molar-refractivity contribution in [2.75, 3.05) is 6.54 Å². The Kier molecular flexibility index (Phi) is 6.84. The number of amides is 3. The smallest absolute Gasteiger partial charge is 0.339 e. The molecular formula is C25H25N3O4S. The van der Waals surface area contributed by atoms with Gasteiger partial charge in [0, 0.05) is 16.8 Å². The molecule has 0 radical (unpaired) electrons. The number of carbonyl (C=O) groups is 3. The summed E-state index contributed by atoms with van der Waals surface area (Å²) in [6.07, 6.45) is 3.45. The van der Waals surface area contributed by atoms with E-state index >= 15 is 0 Å². The number of rotatable bonds is 5. The van der Waals surface area contributed by atoms with Crippen molar-refractivity contribution in [1.82, 2.24) is 15.6 Å². The minimum atomic E-state index is -1.13. The summed E-state index contributed by atoms with van der Waals surface area (Å²) < 4.78 is 5.52. The van der Waals surface area contributed by atoms with E-state index < -0.39 is 24.0 Å². The molecule has 1 aromatic carbocycles. The number of pyridine rings is 1. The Hall–Kier alpha value is -3.52. The first-order valence-electron chi connectivity index (χ1n) is 10.9. The van der Waals surface area contributed by atoms with Crippen LogP contribution < -0.4 is 10.6 Å². The van der Waals surface area contributed by atoms with Crippen molar-refractivity contribution in [3.05, 3.63) is 63.5 Å². The van der Waals surface area contributed by atoms with Crippen molar-refractivity contribution in [3.8, 4) is 0 Å². The molecule has 0 saturated heterocycles. The zero-order chi connectivity index (χ0) is 23.4. The molecule has 0 fully saturated rings. The van der Waals surface area contributed by atoms with Crippen molar-refractivity contribution in [2.24, 2.45) is 0 Å². The number of allylic oxidation sites excluding steroid dienone is 1. The minimum Gasteiger partial charge on any atom is -0.449 e. The van der Waals surface area contributed by atoms with E-state index in [4.69, 9.17) is 9.72 Å². The second-order valence-electron chi connectivity index (χ2n) is 7.77. The number of imide groups is 1. The molecule has 8 heteroatoms. The summed E-state index contributed by atoms with van der Waals surface area (Å²) in [6, 6.07) is 10.9. The van der Waals surface area contributed by atoms with E-state index in [1.165, 1.54) is 6.92 Å². The Labute approximate surface area is 195 Å². The number of fused-ring (bicyclic) bond motifs is 2. The van der Waals surface area contributed by atoms with Crippen LogP contribution in [0.5, 0.6) is 0 Å². The van der Waals surface area contributed by atoms with Crippen LogP contribution >= 0.6 is 11.3 Å². The molecule has 7 nitrogen and oxygen atoms in total. The molecule has 2 N–H and O–H groups in total. The number of ether oxygens (including phenoxy) is 1. The van der Waals surface area contributed by atoms with Crippen LogP contribution in [-0.2, 0) is 16.0 Å². The van der Waals surface area contributed by atoms with Crippen LogP contribution in [0.4, 0.5) is 4.79 Å². The van der Waals surface area contributed by atoms with Crippen molar-refractivity contribution >= 4 is 51.8 Å². The standard InChI is InChI=1S/C25H25N3O4S/c1-3-26-25(31)28-23(29)15(2)32-24(30)21-18-10-4-5-12-20(18)27-22-16(8-6-11-19(21)22)14-17-9-7-13-33-17/h4-5,7,9-10,12-15H,3,6,8,11H2,1-2H3,(H2,26,28,29,31)/b16-14+. The van der Waals surface area contributed by atoms with Gasteiger partial charge in [0.25, 0.3) is 5.91 Å². The summed E-state index contributed by atoms with van der Waals surface area (Å²) in [7, 11) is 0. The number of thiophene rings is 1. The fraction of sp³-hybridized carbons (Fsp3) is 0.280. The molecule has 33 heavy (non-hydrogen) atoms. The minimum absolute atomic E-state index is 0.379. The van der Waals surface area contributed by atoms with Crippen molar-refractivity contribution in [2.45, 2.75) is 39.2 Å². The van der Waals surface area contributed by atoms with Gasteiger partial charge in [0.05, 0.1) is 16.8 Å². The Morgan fingerprint density at radius 2 is 2.00 bits per heavy atom. The predicted molar refractivity (Wildman–Crippen MR) is 129 cm³/mol. The lowest BCUT2D eigenvalue weighted by molar-refractivity contribution is -0.127. The summed E-state index contributed by atoms with van der Waals surface area (Å²) in [5.41, 5.74) is 3.86. The van der Waals surface area contributed by atoms with Crippen LogP contribution in [0.25, 0.3) is 22.6 Å². The molecule has 4 rings (SSSR count). The highest BCUT2D eigenvalue weighted by atomic mass is 32.1. The summed E-state index contributed by atoms with van der Waals surface area (Å²) in [5, 5.41) is 7.38. The van der Waals surface area contributed by atoms with Crippen LogP contribution in [0.1, 0.15) is 53.2 Å². The monoisotopic (exact) mass is 463 g/mol. The average Bonchev–Trinajstić information content (AvgIpc) is 3.31. The number of benzene rings is 1. The molecule has 1 aliphatic carbocycles. The molecule has 3 amide bonds. The Morgan fingerprint density at radius 1 is 1.18 bits per heavy atom. The van der Waals surface area contributed by atoms with E-state index in [-0.39, 0.29) is 0 Å². The first-order chi connectivity index (χ1) is 16.0. The topological polar surface area (TPSA) is 97.4 Å². The third-order valence-electron chi connectivity index (χ3n) is 5.46. The lowest BCUT2D eigenvalue weighted by Crippen LogP contribution is -2.44. The second-order valence-corrected chi connectivity index (χ2v) is 8.75. The fourth-order valence-corrected chi connectivity index (χ4v) is 4.63. The number of esters is 1. The van der Waals surface area contributed by atoms with Crippen molar-refractivity contribution in [1.29, 1.82) is 0 Å². The first-order valence-corrected chi connectivity index (χ1v) is 11.8. The van der Waals surface area contributed by atoms with Gasteiger partial charge in [-0.05, 0) is 67.8 Å². The number of para-hydroxylation sites is 1. The lowest BCUT2D eigenvalue weighted by atomic mass is 9.86. The summed E-state index contributed by atoms with van der Waals surface area (Å²) in [4.78, 5) is 43.3. The Morgan fingerprint density at radius 3 is 2.76 bits per heavy atom. The quantitative estimate of drug-likeness (QED) is 0.541. The maximum absolute atomic E-state index is 13.3. The van der Waals surface area contributed by atoms with Crippen molar-refractivity contribution < 1.29 is 19.1 Å². The molecule has 0 spiro atoms. The van der Waals surface area contributed by atoms with E-state index in [0.717, 1.165) is 34.5 Å². The van der Waals surface area contributed by atoms with Gasteiger partial charge in [0.15, 0.2) is 6.10 Å². The highest BCUT2D eigenvalue weighted by molar-refractivity contribution is 7.10. The fourth-order valence-electron chi connectivity index (χ4n) is 3.94. The van der Waals surface area contributed by atoms with E-state index in [0.29, 0.717) is 29.4 Å². The zero-order valence-electron chi connectivity index (χ0n) is 18.5. The number of urea groups is 1. The maximum Gasteiger partial charge on any atom is 0.339 e. The third-order valence-corrected chi connectivity index (χ3v) is 6.28. The SMILES string of the molecule is CCNC(=O)NC(=O)C(C)OC(=O)c1c2c(nc3ccccc13)/C(=C/c1cccs1)CCC2. The van der Waals surface area contributed by atoms with Gasteiger partial charge in [-0.2, -0.15) is 0 Å².